The fraction of sp³-hybridized carbons (Fsp3) is 0.333. The number of rotatable bonds is 3. The van der Waals surface area contributed by atoms with Crippen molar-refractivity contribution in [1.82, 2.24) is 9.55 Å². The van der Waals surface area contributed by atoms with Crippen molar-refractivity contribution in [1.29, 1.82) is 0 Å². The first-order valence-electron chi connectivity index (χ1n) is 6.64. The molecule has 20 heavy (non-hydrogen) atoms. The molecule has 1 aliphatic heterocycles. The molecule has 1 aliphatic rings. The highest BCUT2D eigenvalue weighted by atomic mass is 19.1. The van der Waals surface area contributed by atoms with Gasteiger partial charge in [-0.1, -0.05) is 18.2 Å². The summed E-state index contributed by atoms with van der Waals surface area (Å²) < 4.78 is 15.6. The molecule has 2 aromatic rings. The molecule has 3 rings (SSSR count). The van der Waals surface area contributed by atoms with Crippen molar-refractivity contribution in [2.45, 2.75) is 25.8 Å². The van der Waals surface area contributed by atoms with Gasteiger partial charge in [0.1, 0.15) is 11.6 Å². The summed E-state index contributed by atoms with van der Waals surface area (Å²) in [7, 11) is 0. The lowest BCUT2D eigenvalue weighted by molar-refractivity contribution is -0.142. The Bertz CT molecular complexity index is 651. The summed E-state index contributed by atoms with van der Waals surface area (Å²) in [5, 5.41) is 9.13. The van der Waals surface area contributed by atoms with Gasteiger partial charge in [0.25, 0.3) is 0 Å². The van der Waals surface area contributed by atoms with E-state index < -0.39 is 5.97 Å². The zero-order chi connectivity index (χ0) is 14.1. The Hall–Kier alpha value is -2.17. The number of aliphatic carboxylic acids is 1. The Morgan fingerprint density at radius 2 is 2.25 bits per heavy atom. The molecular formula is C15H15FN2O2. The standard InChI is InChI=1S/C15H15FN2O2/c16-13-4-2-1-3-10(13)7-14-17-8-12-6-5-11(15(19)20)9-18(12)14/h1-4,8,11H,5-7,9H2,(H,19,20). The average molecular weight is 274 g/mol. The predicted molar refractivity (Wildman–Crippen MR) is 70.9 cm³/mol. The van der Waals surface area contributed by atoms with E-state index in [0.717, 1.165) is 11.5 Å². The second-order valence-electron chi connectivity index (χ2n) is 5.12. The summed E-state index contributed by atoms with van der Waals surface area (Å²) in [6.45, 7) is 0.425. The van der Waals surface area contributed by atoms with Crippen LogP contribution in [0.2, 0.25) is 0 Å². The van der Waals surface area contributed by atoms with Crippen molar-refractivity contribution < 1.29 is 14.3 Å². The molecule has 1 aromatic heterocycles. The van der Waals surface area contributed by atoms with E-state index in [1.807, 2.05) is 4.57 Å². The summed E-state index contributed by atoms with van der Waals surface area (Å²) in [5.74, 6) is -0.677. The molecule has 2 heterocycles. The molecule has 0 spiro atoms. The summed E-state index contributed by atoms with van der Waals surface area (Å²) in [6.07, 6.45) is 3.51. The Labute approximate surface area is 115 Å². The van der Waals surface area contributed by atoms with Crippen molar-refractivity contribution in [3.05, 3.63) is 53.4 Å². The van der Waals surface area contributed by atoms with Gasteiger partial charge in [0.2, 0.25) is 0 Å². The van der Waals surface area contributed by atoms with Crippen molar-refractivity contribution in [3.8, 4) is 0 Å². The van der Waals surface area contributed by atoms with Crippen LogP contribution in [-0.2, 0) is 24.2 Å². The number of hydrogen-bond donors (Lipinski definition) is 1. The molecule has 5 heteroatoms. The Balaban J connectivity index is 1.88. The average Bonchev–Trinajstić information content (AvgIpc) is 2.84. The molecule has 4 nitrogen and oxygen atoms in total. The highest BCUT2D eigenvalue weighted by Gasteiger charge is 2.26. The summed E-state index contributed by atoms with van der Waals surface area (Å²) >= 11 is 0. The van der Waals surface area contributed by atoms with Crippen LogP contribution in [0.4, 0.5) is 4.39 Å². The van der Waals surface area contributed by atoms with Gasteiger partial charge < -0.3 is 9.67 Å². The van der Waals surface area contributed by atoms with Crippen molar-refractivity contribution in [2.24, 2.45) is 5.92 Å². The largest absolute Gasteiger partial charge is 0.481 e. The van der Waals surface area contributed by atoms with Gasteiger partial charge in [-0.2, -0.15) is 0 Å². The number of fused-ring (bicyclic) bond motifs is 1. The highest BCUT2D eigenvalue weighted by Crippen LogP contribution is 2.23. The molecule has 1 unspecified atom stereocenters. The molecule has 0 saturated carbocycles. The minimum Gasteiger partial charge on any atom is -0.481 e. The third kappa shape index (κ3) is 2.31. The van der Waals surface area contributed by atoms with Gasteiger partial charge in [-0.05, 0) is 24.5 Å². The van der Waals surface area contributed by atoms with Crippen LogP contribution >= 0.6 is 0 Å². The lowest BCUT2D eigenvalue weighted by Crippen LogP contribution is -2.27. The smallest absolute Gasteiger partial charge is 0.308 e. The van der Waals surface area contributed by atoms with E-state index in [0.29, 0.717) is 31.4 Å². The van der Waals surface area contributed by atoms with Gasteiger partial charge in [-0.15, -0.1) is 0 Å². The Morgan fingerprint density at radius 1 is 1.45 bits per heavy atom. The normalized spacial score (nSPS) is 17.8. The Morgan fingerprint density at radius 3 is 3.00 bits per heavy atom. The topological polar surface area (TPSA) is 55.1 Å². The predicted octanol–water partition coefficient (Wildman–Crippen LogP) is 2.26. The number of carbonyl (C=O) groups is 1. The van der Waals surface area contributed by atoms with Gasteiger partial charge in [-0.3, -0.25) is 4.79 Å². The van der Waals surface area contributed by atoms with Crippen LogP contribution in [0.15, 0.2) is 30.5 Å². The molecule has 1 N–H and O–H groups in total. The second-order valence-corrected chi connectivity index (χ2v) is 5.12. The molecule has 0 radical (unpaired) electrons. The molecule has 0 fully saturated rings. The lowest BCUT2D eigenvalue weighted by atomic mass is 9.98. The number of imidazole rings is 1. The number of nitrogens with zero attached hydrogens (tertiary/aromatic N) is 2. The van der Waals surface area contributed by atoms with E-state index in [9.17, 15) is 9.18 Å². The first-order valence-corrected chi connectivity index (χ1v) is 6.64. The van der Waals surface area contributed by atoms with Crippen molar-refractivity contribution >= 4 is 5.97 Å². The van der Waals surface area contributed by atoms with Crippen LogP contribution in [-0.4, -0.2) is 20.6 Å². The Kier molecular flexibility index (Phi) is 3.26. The van der Waals surface area contributed by atoms with Crippen LogP contribution in [0.3, 0.4) is 0 Å². The van der Waals surface area contributed by atoms with Crippen molar-refractivity contribution in [2.75, 3.05) is 0 Å². The van der Waals surface area contributed by atoms with E-state index in [1.54, 1.807) is 24.4 Å². The number of carboxylic acids is 1. The number of carboxylic acid groups (broad SMARTS) is 1. The number of aryl methyl sites for hydroxylation is 1. The van der Waals surface area contributed by atoms with Gasteiger partial charge >= 0.3 is 5.97 Å². The number of benzene rings is 1. The lowest BCUT2D eigenvalue weighted by Gasteiger charge is -2.22. The maximum Gasteiger partial charge on any atom is 0.308 e. The minimum absolute atomic E-state index is 0.254. The van der Waals surface area contributed by atoms with E-state index in [4.69, 9.17) is 5.11 Å². The SMILES string of the molecule is O=C(O)C1CCc2cnc(Cc3ccccc3F)n2C1. The molecule has 0 amide bonds. The highest BCUT2D eigenvalue weighted by molar-refractivity contribution is 5.70. The summed E-state index contributed by atoms with van der Waals surface area (Å²) in [6, 6.07) is 6.60. The van der Waals surface area contributed by atoms with E-state index in [-0.39, 0.29) is 11.7 Å². The first-order chi connectivity index (χ1) is 9.65. The maximum absolute atomic E-state index is 13.7. The van der Waals surface area contributed by atoms with Gasteiger partial charge in [-0.25, -0.2) is 9.37 Å². The van der Waals surface area contributed by atoms with Crippen LogP contribution in [0.25, 0.3) is 0 Å². The quantitative estimate of drug-likeness (QED) is 0.934. The summed E-state index contributed by atoms with van der Waals surface area (Å²) in [4.78, 5) is 15.4. The van der Waals surface area contributed by atoms with Gasteiger partial charge in [0.05, 0.1) is 5.92 Å². The number of hydrogen-bond acceptors (Lipinski definition) is 2. The van der Waals surface area contributed by atoms with Gasteiger partial charge in [0.15, 0.2) is 0 Å². The number of aromatic nitrogens is 2. The molecule has 0 bridgehead atoms. The minimum atomic E-state index is -0.777. The number of halogens is 1. The maximum atomic E-state index is 13.7. The molecular weight excluding hydrogens is 259 g/mol. The summed E-state index contributed by atoms with van der Waals surface area (Å²) in [5.41, 5.74) is 1.62. The fourth-order valence-electron chi connectivity index (χ4n) is 2.66. The molecule has 104 valence electrons. The first kappa shape index (κ1) is 12.8. The monoisotopic (exact) mass is 274 g/mol. The fourth-order valence-corrected chi connectivity index (χ4v) is 2.66. The molecule has 1 aromatic carbocycles. The zero-order valence-electron chi connectivity index (χ0n) is 10.9. The van der Waals surface area contributed by atoms with Crippen LogP contribution in [0, 0.1) is 11.7 Å². The molecule has 1 atom stereocenters. The molecule has 0 aliphatic carbocycles. The van der Waals surface area contributed by atoms with E-state index in [1.165, 1.54) is 6.07 Å². The molecule has 0 saturated heterocycles. The van der Waals surface area contributed by atoms with E-state index in [2.05, 4.69) is 4.98 Å². The van der Waals surface area contributed by atoms with Crippen LogP contribution < -0.4 is 0 Å². The zero-order valence-corrected chi connectivity index (χ0v) is 10.9. The second kappa shape index (κ2) is 5.07. The third-order valence-corrected chi connectivity index (χ3v) is 3.83. The van der Waals surface area contributed by atoms with Crippen LogP contribution in [0.1, 0.15) is 23.5 Å². The van der Waals surface area contributed by atoms with Gasteiger partial charge in [0, 0.05) is 24.9 Å². The van der Waals surface area contributed by atoms with Crippen molar-refractivity contribution in [3.63, 3.8) is 0 Å². The van der Waals surface area contributed by atoms with E-state index >= 15 is 0 Å². The van der Waals surface area contributed by atoms with Crippen LogP contribution in [0.5, 0.6) is 0 Å². The third-order valence-electron chi connectivity index (χ3n) is 3.83.